The third kappa shape index (κ3) is 3.97. The van der Waals surface area contributed by atoms with Crippen LogP contribution in [-0.4, -0.2) is 25.0 Å². The second-order valence-corrected chi connectivity index (χ2v) is 7.59. The molecule has 0 bridgehead atoms. The topological polar surface area (TPSA) is 76.7 Å². The quantitative estimate of drug-likeness (QED) is 0.718. The molecule has 2 aromatic carbocycles. The van der Waals surface area contributed by atoms with E-state index >= 15 is 4.39 Å². The summed E-state index contributed by atoms with van der Waals surface area (Å²) in [5.74, 6) is -4.34. The summed E-state index contributed by atoms with van der Waals surface area (Å²) >= 11 is 6.32. The number of ether oxygens (including phenoxy) is 2. The molecule has 1 saturated heterocycles. The number of anilines is 1. The van der Waals surface area contributed by atoms with E-state index in [0.717, 1.165) is 6.07 Å². The van der Waals surface area contributed by atoms with Crippen LogP contribution in [0.4, 0.5) is 14.5 Å². The molecule has 0 aromatic heterocycles. The summed E-state index contributed by atoms with van der Waals surface area (Å²) in [6, 6.07) is 7.13. The molecule has 2 heterocycles. The maximum absolute atomic E-state index is 15.2. The molecular weight excluding hydrogens is 418 g/mol. The molecule has 0 amide bonds. The van der Waals surface area contributed by atoms with Gasteiger partial charge in [-0.15, -0.1) is 0 Å². The summed E-state index contributed by atoms with van der Waals surface area (Å²) in [4.78, 5) is 24.3. The van der Waals surface area contributed by atoms with Crippen LogP contribution in [0.3, 0.4) is 0 Å². The lowest BCUT2D eigenvalue weighted by Gasteiger charge is -2.32. The Bertz CT molecular complexity index is 997. The second-order valence-electron chi connectivity index (χ2n) is 7.18. The van der Waals surface area contributed by atoms with Crippen LogP contribution in [0.15, 0.2) is 30.3 Å². The van der Waals surface area contributed by atoms with Crippen LogP contribution < -0.4 is 10.6 Å². The smallest absolute Gasteiger partial charge is 0.309 e. The van der Waals surface area contributed by atoms with Crippen molar-refractivity contribution in [2.75, 3.05) is 18.4 Å². The molecule has 1 spiro atoms. The maximum atomic E-state index is 15.2. The molecule has 1 fully saturated rings. The van der Waals surface area contributed by atoms with Crippen molar-refractivity contribution in [1.82, 2.24) is 5.32 Å². The zero-order chi connectivity index (χ0) is 21.3. The lowest BCUT2D eigenvalue weighted by molar-refractivity contribution is -0.226. The molecule has 6 nitrogen and oxygen atoms in total. The van der Waals surface area contributed by atoms with Crippen molar-refractivity contribution in [1.29, 1.82) is 0 Å². The summed E-state index contributed by atoms with van der Waals surface area (Å²) in [5.41, 5.74) is 1.47. The number of nitrogens with one attached hydrogen (secondary N) is 2. The standard InChI is InChI=1S/C21H19ClF2N2O4/c22-15-9-16(24)19-14(20(15)26-10-12-2-1-3-13(23)8-12)6-7-25-11-21(19)29-17(27)4-5-18(28)30-21/h1-3,8-9,25-26H,4-7,10-11H2. The summed E-state index contributed by atoms with van der Waals surface area (Å²) in [6.45, 7) is 0.563. The van der Waals surface area contributed by atoms with Crippen LogP contribution in [0.5, 0.6) is 0 Å². The first-order chi connectivity index (χ1) is 14.4. The predicted molar refractivity (Wildman–Crippen MR) is 105 cm³/mol. The van der Waals surface area contributed by atoms with Gasteiger partial charge in [0, 0.05) is 6.54 Å². The molecule has 9 heteroatoms. The summed E-state index contributed by atoms with van der Waals surface area (Å²) in [7, 11) is 0. The van der Waals surface area contributed by atoms with Gasteiger partial charge in [0.1, 0.15) is 11.6 Å². The van der Waals surface area contributed by atoms with E-state index in [-0.39, 0.29) is 42.3 Å². The van der Waals surface area contributed by atoms with Gasteiger partial charge in [0.25, 0.3) is 5.79 Å². The number of hydrogen-bond acceptors (Lipinski definition) is 6. The van der Waals surface area contributed by atoms with E-state index in [1.807, 2.05) is 0 Å². The molecule has 0 saturated carbocycles. The van der Waals surface area contributed by atoms with Crippen LogP contribution in [0, 0.1) is 11.6 Å². The Morgan fingerprint density at radius 1 is 1.10 bits per heavy atom. The van der Waals surface area contributed by atoms with E-state index in [2.05, 4.69) is 10.6 Å². The first-order valence-corrected chi connectivity index (χ1v) is 9.90. The summed E-state index contributed by atoms with van der Waals surface area (Å²) in [5, 5.41) is 6.28. The van der Waals surface area contributed by atoms with Crippen molar-refractivity contribution in [3.05, 3.63) is 63.7 Å². The average Bonchev–Trinajstić information content (AvgIpc) is 2.95. The molecular formula is C21H19ClF2N2O4. The third-order valence-corrected chi connectivity index (χ3v) is 5.37. The first kappa shape index (κ1) is 20.6. The van der Waals surface area contributed by atoms with Gasteiger partial charge in [0.2, 0.25) is 0 Å². The Labute approximate surface area is 176 Å². The minimum Gasteiger partial charge on any atom is -0.416 e. The van der Waals surface area contributed by atoms with Crippen LogP contribution in [0.1, 0.15) is 29.5 Å². The molecule has 2 aliphatic heterocycles. The third-order valence-electron chi connectivity index (χ3n) is 5.07. The van der Waals surface area contributed by atoms with Gasteiger partial charge in [0.15, 0.2) is 0 Å². The second kappa shape index (κ2) is 8.20. The lowest BCUT2D eigenvalue weighted by atomic mass is 9.95. The van der Waals surface area contributed by atoms with E-state index < -0.39 is 23.5 Å². The van der Waals surface area contributed by atoms with Crippen LogP contribution >= 0.6 is 11.6 Å². The SMILES string of the molecule is O=C1CCC(=O)OC2(CNCCc3c(NCc4cccc(F)c4)c(Cl)cc(F)c32)O1. The Morgan fingerprint density at radius 2 is 1.83 bits per heavy atom. The van der Waals surface area contributed by atoms with Gasteiger partial charge in [-0.05, 0) is 42.3 Å². The summed E-state index contributed by atoms with van der Waals surface area (Å²) in [6.07, 6.45) is 0.0563. The number of carbonyl (C=O) groups is 2. The Balaban J connectivity index is 1.79. The number of halogens is 3. The zero-order valence-electron chi connectivity index (χ0n) is 15.9. The van der Waals surface area contributed by atoms with Crippen LogP contribution in [0.25, 0.3) is 0 Å². The van der Waals surface area contributed by atoms with Gasteiger partial charge in [0.05, 0.1) is 35.7 Å². The van der Waals surface area contributed by atoms with E-state index in [0.29, 0.717) is 29.8 Å². The van der Waals surface area contributed by atoms with Crippen LogP contribution in [-0.2, 0) is 37.8 Å². The fourth-order valence-corrected chi connectivity index (χ4v) is 4.06. The van der Waals surface area contributed by atoms with Gasteiger partial charge in [-0.25, -0.2) is 8.78 Å². The van der Waals surface area contributed by atoms with Crippen molar-refractivity contribution in [3.63, 3.8) is 0 Å². The average molecular weight is 437 g/mol. The van der Waals surface area contributed by atoms with E-state index in [1.54, 1.807) is 12.1 Å². The monoisotopic (exact) mass is 436 g/mol. The molecule has 2 N–H and O–H groups in total. The first-order valence-electron chi connectivity index (χ1n) is 9.52. The number of fused-ring (bicyclic) bond motifs is 2. The number of hydrogen-bond donors (Lipinski definition) is 2. The molecule has 158 valence electrons. The fraction of sp³-hybridized carbons (Fsp3) is 0.333. The van der Waals surface area contributed by atoms with Crippen molar-refractivity contribution in [3.8, 4) is 0 Å². The molecule has 30 heavy (non-hydrogen) atoms. The van der Waals surface area contributed by atoms with Crippen LogP contribution in [0.2, 0.25) is 5.02 Å². The van der Waals surface area contributed by atoms with Gasteiger partial charge >= 0.3 is 11.9 Å². The van der Waals surface area contributed by atoms with Gasteiger partial charge in [-0.3, -0.25) is 9.59 Å². The van der Waals surface area contributed by atoms with Gasteiger partial charge < -0.3 is 20.1 Å². The number of benzene rings is 2. The molecule has 2 aliphatic rings. The molecule has 2 aromatic rings. The minimum absolute atomic E-state index is 0.0396. The van der Waals surface area contributed by atoms with Crippen molar-refractivity contribution in [2.45, 2.75) is 31.6 Å². The predicted octanol–water partition coefficient (Wildman–Crippen LogP) is 3.41. The number of esters is 2. The highest BCUT2D eigenvalue weighted by Gasteiger charge is 2.48. The zero-order valence-corrected chi connectivity index (χ0v) is 16.7. The summed E-state index contributed by atoms with van der Waals surface area (Å²) < 4.78 is 39.6. The fourth-order valence-electron chi connectivity index (χ4n) is 3.78. The van der Waals surface area contributed by atoms with Gasteiger partial charge in [-0.2, -0.15) is 0 Å². The Morgan fingerprint density at radius 3 is 2.53 bits per heavy atom. The Kier molecular flexibility index (Phi) is 5.62. The largest absolute Gasteiger partial charge is 0.416 e. The Hall–Kier alpha value is -2.71. The highest BCUT2D eigenvalue weighted by atomic mass is 35.5. The lowest BCUT2D eigenvalue weighted by Crippen LogP contribution is -2.44. The van der Waals surface area contributed by atoms with E-state index in [9.17, 15) is 14.0 Å². The number of rotatable bonds is 3. The molecule has 4 rings (SSSR count). The highest BCUT2D eigenvalue weighted by molar-refractivity contribution is 6.33. The van der Waals surface area contributed by atoms with Gasteiger partial charge in [-0.1, -0.05) is 23.7 Å². The van der Waals surface area contributed by atoms with Crippen molar-refractivity contribution in [2.24, 2.45) is 0 Å². The molecule has 0 radical (unpaired) electrons. The van der Waals surface area contributed by atoms with E-state index in [1.165, 1.54) is 12.1 Å². The molecule has 0 unspecified atom stereocenters. The molecule has 0 atom stereocenters. The van der Waals surface area contributed by atoms with E-state index in [4.69, 9.17) is 21.1 Å². The normalized spacial score (nSPS) is 18.1. The van der Waals surface area contributed by atoms with Crippen molar-refractivity contribution < 1.29 is 27.8 Å². The highest BCUT2D eigenvalue weighted by Crippen LogP contribution is 2.42. The molecule has 0 aliphatic carbocycles. The van der Waals surface area contributed by atoms with Crippen molar-refractivity contribution >= 4 is 29.2 Å². The maximum Gasteiger partial charge on any atom is 0.309 e. The minimum atomic E-state index is -1.92. The number of carbonyl (C=O) groups excluding carboxylic acids is 2.